The molecule has 0 atom stereocenters. The third-order valence-electron chi connectivity index (χ3n) is 2.79. The maximum atomic E-state index is 12.0. The number of pyridine rings is 1. The minimum absolute atomic E-state index is 0.257. The van der Waals surface area contributed by atoms with E-state index in [9.17, 15) is 8.42 Å². The molecule has 0 saturated carbocycles. The highest BCUT2D eigenvalue weighted by molar-refractivity contribution is 7.91. The second-order valence-corrected chi connectivity index (χ2v) is 6.49. The summed E-state index contributed by atoms with van der Waals surface area (Å²) in [6.07, 6.45) is 8.41. The van der Waals surface area contributed by atoms with Crippen molar-refractivity contribution in [3.8, 4) is 0 Å². The van der Waals surface area contributed by atoms with Crippen LogP contribution in [0.25, 0.3) is 6.08 Å². The number of benzene rings is 1. The Bertz CT molecular complexity index is 734. The number of nitrogens with zero attached hydrogens (tertiary/aromatic N) is 2. The summed E-state index contributed by atoms with van der Waals surface area (Å²) >= 11 is 0. The summed E-state index contributed by atoms with van der Waals surface area (Å²) in [6, 6.07) is 10.5. The van der Waals surface area contributed by atoms with E-state index in [0.717, 1.165) is 11.1 Å². The van der Waals surface area contributed by atoms with Crippen molar-refractivity contribution in [2.24, 2.45) is 4.99 Å². The number of aryl methyl sites for hydroxylation is 1. The Kier molecular flexibility index (Phi) is 5.00. The number of allylic oxidation sites excluding steroid dienone is 1. The van der Waals surface area contributed by atoms with Gasteiger partial charge in [0.2, 0.25) is 0 Å². The van der Waals surface area contributed by atoms with Gasteiger partial charge in [-0.25, -0.2) is 8.42 Å². The maximum absolute atomic E-state index is 12.0. The van der Waals surface area contributed by atoms with Gasteiger partial charge in [0.05, 0.1) is 4.90 Å². The van der Waals surface area contributed by atoms with Crippen molar-refractivity contribution in [1.29, 1.82) is 0 Å². The second kappa shape index (κ2) is 6.95. The molecule has 0 bridgehead atoms. The molecule has 0 fully saturated rings. The fraction of sp³-hybridized carbons (Fsp3) is 0.125. The van der Waals surface area contributed by atoms with Crippen LogP contribution in [0.5, 0.6) is 0 Å². The molecule has 0 amide bonds. The highest BCUT2D eigenvalue weighted by atomic mass is 32.2. The summed E-state index contributed by atoms with van der Waals surface area (Å²) in [4.78, 5) is 8.21. The van der Waals surface area contributed by atoms with Gasteiger partial charge in [-0.05, 0) is 36.8 Å². The lowest BCUT2D eigenvalue weighted by Crippen LogP contribution is -2.04. The monoisotopic (exact) mass is 300 g/mol. The average Bonchev–Trinajstić information content (AvgIpc) is 2.48. The predicted molar refractivity (Wildman–Crippen MR) is 85.0 cm³/mol. The van der Waals surface area contributed by atoms with Gasteiger partial charge >= 0.3 is 0 Å². The molecule has 4 nitrogen and oxygen atoms in total. The van der Waals surface area contributed by atoms with Gasteiger partial charge in [0, 0.05) is 18.6 Å². The van der Waals surface area contributed by atoms with Crippen LogP contribution in [0, 0.1) is 6.92 Å². The number of sulfone groups is 1. The van der Waals surface area contributed by atoms with Crippen molar-refractivity contribution in [2.45, 2.75) is 11.8 Å². The lowest BCUT2D eigenvalue weighted by atomic mass is 10.2. The molecule has 0 radical (unpaired) electrons. The first-order chi connectivity index (χ1) is 10.1. The Morgan fingerprint density at radius 2 is 1.95 bits per heavy atom. The molecule has 0 saturated heterocycles. The van der Waals surface area contributed by atoms with E-state index in [2.05, 4.69) is 9.98 Å². The molecular weight excluding hydrogens is 284 g/mol. The smallest absolute Gasteiger partial charge is 0.198 e. The summed E-state index contributed by atoms with van der Waals surface area (Å²) in [5.74, 6) is -0.257. The third kappa shape index (κ3) is 4.65. The van der Waals surface area contributed by atoms with Crippen LogP contribution in [-0.4, -0.2) is 25.5 Å². The standard InChI is InChI=1S/C16H16N2O2S/c1-14-6-8-16(9-7-14)21(19,20)13-18-11-3-5-15-4-2-10-17-12-15/h2-12H,13H2,1H3/b5-3+,18-11?. The Labute approximate surface area is 124 Å². The number of aliphatic imine (C=N–C) groups is 1. The summed E-state index contributed by atoms with van der Waals surface area (Å²) in [5.41, 5.74) is 1.96. The van der Waals surface area contributed by atoms with E-state index in [4.69, 9.17) is 0 Å². The van der Waals surface area contributed by atoms with Gasteiger partial charge < -0.3 is 0 Å². The molecule has 0 unspecified atom stereocenters. The van der Waals surface area contributed by atoms with Crippen LogP contribution in [0.2, 0.25) is 0 Å². The van der Waals surface area contributed by atoms with Crippen LogP contribution in [0.3, 0.4) is 0 Å². The molecule has 0 aliphatic heterocycles. The van der Waals surface area contributed by atoms with Gasteiger partial charge in [0.15, 0.2) is 9.84 Å². The average molecular weight is 300 g/mol. The molecule has 108 valence electrons. The zero-order valence-electron chi connectivity index (χ0n) is 11.7. The molecule has 5 heteroatoms. The van der Waals surface area contributed by atoms with E-state index >= 15 is 0 Å². The van der Waals surface area contributed by atoms with E-state index in [1.54, 1.807) is 42.7 Å². The molecule has 0 N–H and O–H groups in total. The highest BCUT2D eigenvalue weighted by Crippen LogP contribution is 2.12. The van der Waals surface area contributed by atoms with E-state index in [-0.39, 0.29) is 5.88 Å². The lowest BCUT2D eigenvalue weighted by molar-refractivity contribution is 0.596. The topological polar surface area (TPSA) is 59.4 Å². The molecule has 0 aliphatic carbocycles. The zero-order valence-corrected chi connectivity index (χ0v) is 12.5. The van der Waals surface area contributed by atoms with E-state index < -0.39 is 9.84 Å². The van der Waals surface area contributed by atoms with Crippen molar-refractivity contribution >= 4 is 22.1 Å². The van der Waals surface area contributed by atoms with E-state index in [0.29, 0.717) is 4.90 Å². The molecule has 0 spiro atoms. The lowest BCUT2D eigenvalue weighted by Gasteiger charge is -2.01. The molecule has 0 aliphatic rings. The minimum Gasteiger partial charge on any atom is -0.277 e. The molecule has 2 aromatic rings. The first-order valence-electron chi connectivity index (χ1n) is 6.44. The van der Waals surface area contributed by atoms with Gasteiger partial charge in [-0.1, -0.05) is 29.8 Å². The molecule has 1 aromatic heterocycles. The van der Waals surface area contributed by atoms with Crippen molar-refractivity contribution in [3.63, 3.8) is 0 Å². The van der Waals surface area contributed by atoms with Crippen molar-refractivity contribution in [2.75, 3.05) is 5.88 Å². The second-order valence-electron chi connectivity index (χ2n) is 4.53. The first-order valence-corrected chi connectivity index (χ1v) is 8.09. The van der Waals surface area contributed by atoms with Crippen LogP contribution in [-0.2, 0) is 9.84 Å². The van der Waals surface area contributed by atoms with Gasteiger partial charge in [-0.15, -0.1) is 0 Å². The summed E-state index contributed by atoms with van der Waals surface area (Å²) < 4.78 is 24.1. The molecule has 2 rings (SSSR count). The SMILES string of the molecule is Cc1ccc(S(=O)(=O)CN=C/C=C/c2cccnc2)cc1. The Balaban J connectivity index is 1.97. The van der Waals surface area contributed by atoms with E-state index in [1.807, 2.05) is 25.1 Å². The largest absolute Gasteiger partial charge is 0.277 e. The van der Waals surface area contributed by atoms with Gasteiger partial charge in [-0.2, -0.15) is 0 Å². The maximum Gasteiger partial charge on any atom is 0.198 e. The summed E-state index contributed by atoms with van der Waals surface area (Å²) in [6.45, 7) is 1.91. The quantitative estimate of drug-likeness (QED) is 0.798. The number of hydrogen-bond donors (Lipinski definition) is 0. The minimum atomic E-state index is -3.37. The van der Waals surface area contributed by atoms with Crippen LogP contribution >= 0.6 is 0 Å². The molecule has 21 heavy (non-hydrogen) atoms. The van der Waals surface area contributed by atoms with Gasteiger partial charge in [-0.3, -0.25) is 9.98 Å². The Hall–Kier alpha value is -2.27. The molecule has 1 aromatic carbocycles. The number of hydrogen-bond acceptors (Lipinski definition) is 4. The van der Waals surface area contributed by atoms with Gasteiger partial charge in [0.25, 0.3) is 0 Å². The predicted octanol–water partition coefficient (Wildman–Crippen LogP) is 2.91. The van der Waals surface area contributed by atoms with Gasteiger partial charge in [0.1, 0.15) is 5.88 Å². The van der Waals surface area contributed by atoms with Crippen LogP contribution in [0.4, 0.5) is 0 Å². The number of rotatable bonds is 5. The zero-order chi connectivity index (χ0) is 15.1. The van der Waals surface area contributed by atoms with Crippen LogP contribution in [0.1, 0.15) is 11.1 Å². The molecular formula is C16H16N2O2S. The molecule has 1 heterocycles. The first kappa shape index (κ1) is 15.1. The van der Waals surface area contributed by atoms with Crippen molar-refractivity contribution in [3.05, 3.63) is 66.0 Å². The normalized spacial score (nSPS) is 12.2. The van der Waals surface area contributed by atoms with E-state index in [1.165, 1.54) is 6.21 Å². The number of aromatic nitrogens is 1. The summed E-state index contributed by atoms with van der Waals surface area (Å²) in [7, 11) is -3.37. The van der Waals surface area contributed by atoms with Crippen molar-refractivity contribution in [1.82, 2.24) is 4.98 Å². The summed E-state index contributed by atoms with van der Waals surface area (Å²) in [5, 5.41) is 0. The fourth-order valence-corrected chi connectivity index (χ4v) is 2.63. The van der Waals surface area contributed by atoms with Crippen LogP contribution in [0.15, 0.2) is 64.8 Å². The third-order valence-corrected chi connectivity index (χ3v) is 4.27. The Morgan fingerprint density at radius 3 is 2.62 bits per heavy atom. The Morgan fingerprint density at radius 1 is 1.19 bits per heavy atom. The fourth-order valence-electron chi connectivity index (χ4n) is 1.65. The van der Waals surface area contributed by atoms with Crippen molar-refractivity contribution < 1.29 is 8.42 Å². The highest BCUT2D eigenvalue weighted by Gasteiger charge is 2.12. The van der Waals surface area contributed by atoms with Crippen LogP contribution < -0.4 is 0 Å².